The third-order valence-electron chi connectivity index (χ3n) is 4.82. The van der Waals surface area contributed by atoms with Gasteiger partial charge in [0, 0.05) is 0 Å². The molecule has 0 heterocycles. The predicted molar refractivity (Wildman–Crippen MR) is 147 cm³/mol. The van der Waals surface area contributed by atoms with E-state index in [0.29, 0.717) is 23.0 Å². The van der Waals surface area contributed by atoms with Crippen molar-refractivity contribution in [3.8, 4) is 23.0 Å². The number of hydrogen-bond donors (Lipinski definition) is 2. The van der Waals surface area contributed by atoms with Crippen LogP contribution in [0.3, 0.4) is 0 Å². The quantitative estimate of drug-likeness (QED) is 0.195. The molecule has 4 aromatic rings. The first-order chi connectivity index (χ1) is 18.2. The number of benzene rings is 4. The van der Waals surface area contributed by atoms with Gasteiger partial charge in [-0.05, 0) is 62.4 Å². The van der Waals surface area contributed by atoms with Crippen molar-refractivity contribution in [3.63, 3.8) is 0 Å². The third-order valence-corrected chi connectivity index (χ3v) is 8.51. The minimum absolute atomic E-state index is 0.391. The van der Waals surface area contributed by atoms with Gasteiger partial charge in [0.05, 0.1) is 0 Å². The lowest BCUT2D eigenvalue weighted by Gasteiger charge is -2.22. The first kappa shape index (κ1) is 29.0. The smallest absolute Gasteiger partial charge is 0.414 e. The Hall–Kier alpha value is -3.54. The van der Waals surface area contributed by atoms with Crippen molar-refractivity contribution in [2.75, 3.05) is 0 Å². The summed E-state index contributed by atoms with van der Waals surface area (Å²) < 4.78 is 46.5. The van der Waals surface area contributed by atoms with E-state index in [1.807, 2.05) is 24.3 Å². The third kappa shape index (κ3) is 8.79. The highest BCUT2D eigenvalue weighted by Crippen LogP contribution is 2.52. The van der Waals surface area contributed by atoms with Crippen molar-refractivity contribution >= 4 is 15.2 Å². The van der Waals surface area contributed by atoms with Gasteiger partial charge in [0.2, 0.25) is 0 Å². The number of aliphatic hydroxyl groups excluding tert-OH is 2. The molecule has 10 heteroatoms. The van der Waals surface area contributed by atoms with Crippen LogP contribution in [-0.4, -0.2) is 21.9 Å². The van der Waals surface area contributed by atoms with Crippen molar-refractivity contribution in [1.29, 1.82) is 0 Å². The van der Waals surface area contributed by atoms with Crippen LogP contribution in [0.25, 0.3) is 0 Å². The zero-order valence-electron chi connectivity index (χ0n) is 20.9. The molecule has 0 fully saturated rings. The maximum atomic E-state index is 12.6. The minimum atomic E-state index is -3.68. The van der Waals surface area contributed by atoms with Crippen molar-refractivity contribution in [2.45, 2.75) is 25.5 Å². The fourth-order valence-electron chi connectivity index (χ4n) is 2.86. The summed E-state index contributed by atoms with van der Waals surface area (Å²) in [6, 6.07) is 34.6. The van der Waals surface area contributed by atoms with Gasteiger partial charge in [-0.25, -0.2) is 9.13 Å². The molecule has 0 bridgehead atoms. The summed E-state index contributed by atoms with van der Waals surface area (Å²) in [6.07, 6.45) is 0. The molecule has 0 aliphatic carbocycles. The van der Waals surface area contributed by atoms with Gasteiger partial charge in [-0.3, -0.25) is 0 Å². The highest BCUT2D eigenvalue weighted by molar-refractivity contribution is 7.55. The SMILES string of the molecule is CC(O)P(=O)(Oc1ccccc1)Oc1ccccc1.CC(O)P(=O)(Oc1ccccc1)Oc1ccccc1. The van der Waals surface area contributed by atoms with E-state index in [1.54, 1.807) is 97.1 Å². The zero-order valence-corrected chi connectivity index (χ0v) is 22.7. The molecule has 0 saturated heterocycles. The van der Waals surface area contributed by atoms with E-state index in [2.05, 4.69) is 0 Å². The molecule has 0 radical (unpaired) electrons. The molecule has 0 aromatic heterocycles. The van der Waals surface area contributed by atoms with E-state index in [9.17, 15) is 19.3 Å². The van der Waals surface area contributed by atoms with Crippen LogP contribution in [0.15, 0.2) is 121 Å². The average molecular weight is 556 g/mol. The molecule has 0 aliphatic heterocycles. The number of aliphatic hydroxyl groups is 2. The monoisotopic (exact) mass is 556 g/mol. The standard InChI is InChI=1S/2C14H15O4P/c2*1-12(15)19(16,17-13-8-4-2-5-9-13)18-14-10-6-3-7-11-14/h2*2-12,15H,1H3. The molecule has 2 atom stereocenters. The lowest BCUT2D eigenvalue weighted by atomic mass is 10.3. The van der Waals surface area contributed by atoms with Gasteiger partial charge >= 0.3 is 15.2 Å². The summed E-state index contributed by atoms with van der Waals surface area (Å²) in [5.74, 6) is -0.892. The second kappa shape index (κ2) is 13.8. The Morgan fingerprint density at radius 1 is 0.447 bits per heavy atom. The molecule has 4 aromatic carbocycles. The van der Waals surface area contributed by atoms with E-state index in [1.165, 1.54) is 13.8 Å². The van der Waals surface area contributed by atoms with Gasteiger partial charge in [0.15, 0.2) is 11.7 Å². The lowest BCUT2D eigenvalue weighted by Crippen LogP contribution is -2.12. The predicted octanol–water partition coefficient (Wildman–Crippen LogP) is 7.35. The van der Waals surface area contributed by atoms with Gasteiger partial charge in [0.25, 0.3) is 0 Å². The number of para-hydroxylation sites is 4. The molecule has 0 amide bonds. The molecule has 38 heavy (non-hydrogen) atoms. The summed E-state index contributed by atoms with van der Waals surface area (Å²) in [5, 5.41) is 19.4. The normalized spacial score (nSPS) is 12.7. The number of rotatable bonds is 10. The number of hydrogen-bond acceptors (Lipinski definition) is 8. The fraction of sp³-hybridized carbons (Fsp3) is 0.143. The van der Waals surface area contributed by atoms with Crippen LogP contribution in [0.1, 0.15) is 13.8 Å². The average Bonchev–Trinajstić information content (AvgIpc) is 2.91. The topological polar surface area (TPSA) is 112 Å². The van der Waals surface area contributed by atoms with E-state index in [0.717, 1.165) is 0 Å². The highest BCUT2D eigenvalue weighted by Gasteiger charge is 2.35. The van der Waals surface area contributed by atoms with Crippen LogP contribution in [-0.2, 0) is 9.13 Å². The summed E-state index contributed by atoms with van der Waals surface area (Å²) >= 11 is 0. The molecule has 0 saturated carbocycles. The maximum absolute atomic E-state index is 12.6. The van der Waals surface area contributed by atoms with Crippen LogP contribution in [0, 0.1) is 0 Å². The molecule has 8 nitrogen and oxygen atoms in total. The molecule has 2 unspecified atom stereocenters. The van der Waals surface area contributed by atoms with Crippen LogP contribution in [0.5, 0.6) is 23.0 Å². The Kier molecular flexibility index (Phi) is 10.6. The van der Waals surface area contributed by atoms with Crippen molar-refractivity contribution in [2.24, 2.45) is 0 Å². The molecule has 0 spiro atoms. The summed E-state index contributed by atoms with van der Waals surface area (Å²) in [6.45, 7) is 2.76. The molecule has 2 N–H and O–H groups in total. The van der Waals surface area contributed by atoms with Crippen molar-refractivity contribution in [3.05, 3.63) is 121 Å². The van der Waals surface area contributed by atoms with Gasteiger partial charge in [0.1, 0.15) is 23.0 Å². The van der Waals surface area contributed by atoms with Gasteiger partial charge in [-0.2, -0.15) is 0 Å². The zero-order chi connectivity index (χ0) is 27.4. The van der Waals surface area contributed by atoms with E-state index >= 15 is 0 Å². The maximum Gasteiger partial charge on any atom is 0.458 e. The van der Waals surface area contributed by atoms with Crippen LogP contribution >= 0.6 is 15.2 Å². The van der Waals surface area contributed by atoms with Crippen molar-refractivity contribution in [1.82, 2.24) is 0 Å². The summed E-state index contributed by atoms with van der Waals surface area (Å²) in [7, 11) is -7.36. The van der Waals surface area contributed by atoms with Gasteiger partial charge in [-0.15, -0.1) is 0 Å². The van der Waals surface area contributed by atoms with E-state index in [-0.39, 0.29) is 0 Å². The first-order valence-corrected chi connectivity index (χ1v) is 15.0. The van der Waals surface area contributed by atoms with Gasteiger partial charge in [-0.1, -0.05) is 72.8 Å². The molecule has 0 aliphatic rings. The molecular formula is C28H30O8P2. The first-order valence-electron chi connectivity index (χ1n) is 11.7. The second-order valence-electron chi connectivity index (χ2n) is 7.96. The Bertz CT molecular complexity index is 1120. The minimum Gasteiger partial charge on any atom is -0.414 e. The molecular weight excluding hydrogens is 526 g/mol. The van der Waals surface area contributed by atoms with E-state index < -0.39 is 26.9 Å². The van der Waals surface area contributed by atoms with Crippen LogP contribution < -0.4 is 18.1 Å². The second-order valence-corrected chi connectivity index (χ2v) is 12.3. The summed E-state index contributed by atoms with van der Waals surface area (Å²) in [5.41, 5.74) is 0. The highest BCUT2D eigenvalue weighted by atomic mass is 31.2. The largest absolute Gasteiger partial charge is 0.458 e. The van der Waals surface area contributed by atoms with E-state index in [4.69, 9.17) is 18.1 Å². The lowest BCUT2D eigenvalue weighted by molar-refractivity contribution is 0.225. The van der Waals surface area contributed by atoms with Crippen LogP contribution in [0.2, 0.25) is 0 Å². The Balaban J connectivity index is 0.000000211. The Labute approximate surface area is 222 Å². The fourth-order valence-corrected chi connectivity index (χ4v) is 5.20. The Morgan fingerprint density at radius 3 is 0.789 bits per heavy atom. The van der Waals surface area contributed by atoms with Crippen LogP contribution in [0.4, 0.5) is 0 Å². The molecule has 4 rings (SSSR count). The Morgan fingerprint density at radius 2 is 0.632 bits per heavy atom. The van der Waals surface area contributed by atoms with Crippen molar-refractivity contribution < 1.29 is 37.4 Å². The molecule has 200 valence electrons. The van der Waals surface area contributed by atoms with Gasteiger partial charge < -0.3 is 28.3 Å². The summed E-state index contributed by atoms with van der Waals surface area (Å²) in [4.78, 5) is 0.